The summed E-state index contributed by atoms with van der Waals surface area (Å²) in [6.07, 6.45) is 1.63. The van der Waals surface area contributed by atoms with Crippen LogP contribution in [-0.2, 0) is 9.84 Å². The number of nitrogens with one attached hydrogen (secondary N) is 1. The van der Waals surface area contributed by atoms with Crippen molar-refractivity contribution in [1.82, 2.24) is 5.32 Å². The van der Waals surface area contributed by atoms with Crippen molar-refractivity contribution in [3.63, 3.8) is 0 Å². The summed E-state index contributed by atoms with van der Waals surface area (Å²) >= 11 is 5.85. The topological polar surface area (TPSA) is 46.2 Å². The summed E-state index contributed by atoms with van der Waals surface area (Å²) in [5.41, 5.74) is 0. The predicted molar refractivity (Wildman–Crippen MR) is 80.5 cm³/mol. The minimum absolute atomic E-state index is 0.184. The lowest BCUT2D eigenvalue weighted by Gasteiger charge is -2.19. The van der Waals surface area contributed by atoms with Gasteiger partial charge in [-0.1, -0.05) is 24.6 Å². The molecule has 1 rings (SSSR count). The number of rotatable bonds is 7. The summed E-state index contributed by atoms with van der Waals surface area (Å²) in [6.45, 7) is 6.76. The van der Waals surface area contributed by atoms with E-state index in [4.69, 9.17) is 11.6 Å². The van der Waals surface area contributed by atoms with Gasteiger partial charge in [0.2, 0.25) is 0 Å². The van der Waals surface area contributed by atoms with Crippen LogP contribution in [0.15, 0.2) is 29.2 Å². The van der Waals surface area contributed by atoms with Crippen molar-refractivity contribution in [2.75, 3.05) is 6.54 Å². The first kappa shape index (κ1) is 16.5. The first-order valence-corrected chi connectivity index (χ1v) is 8.53. The van der Waals surface area contributed by atoms with E-state index in [1.165, 1.54) is 6.07 Å². The fourth-order valence-electron chi connectivity index (χ4n) is 1.97. The van der Waals surface area contributed by atoms with Crippen LogP contribution in [0.1, 0.15) is 33.6 Å². The lowest BCUT2D eigenvalue weighted by molar-refractivity contribution is 0.497. The molecule has 0 radical (unpaired) electrons. The van der Waals surface area contributed by atoms with Crippen LogP contribution in [0.25, 0.3) is 0 Å². The van der Waals surface area contributed by atoms with E-state index < -0.39 is 15.1 Å². The van der Waals surface area contributed by atoms with Gasteiger partial charge < -0.3 is 5.32 Å². The maximum absolute atomic E-state index is 12.4. The van der Waals surface area contributed by atoms with E-state index in [0.29, 0.717) is 16.3 Å². The van der Waals surface area contributed by atoms with Crippen molar-refractivity contribution in [3.8, 4) is 0 Å². The van der Waals surface area contributed by atoms with Gasteiger partial charge in [0.25, 0.3) is 0 Å². The highest BCUT2D eigenvalue weighted by Crippen LogP contribution is 2.22. The molecule has 5 heteroatoms. The third-order valence-corrected chi connectivity index (χ3v) is 5.48. The molecule has 2 unspecified atom stereocenters. The largest absolute Gasteiger partial charge is 0.314 e. The van der Waals surface area contributed by atoms with Crippen molar-refractivity contribution in [3.05, 3.63) is 29.3 Å². The number of sulfone groups is 1. The van der Waals surface area contributed by atoms with Crippen LogP contribution in [-0.4, -0.2) is 26.3 Å². The molecule has 0 aromatic heterocycles. The maximum Gasteiger partial charge on any atom is 0.181 e. The average molecular weight is 304 g/mol. The number of hydrogen-bond acceptors (Lipinski definition) is 3. The van der Waals surface area contributed by atoms with E-state index in [2.05, 4.69) is 12.2 Å². The van der Waals surface area contributed by atoms with Gasteiger partial charge in [0.1, 0.15) is 0 Å². The van der Waals surface area contributed by atoms with Gasteiger partial charge >= 0.3 is 0 Å². The van der Waals surface area contributed by atoms with Crippen LogP contribution in [0, 0.1) is 0 Å². The zero-order chi connectivity index (χ0) is 14.5. The number of halogens is 1. The molecule has 1 N–H and O–H groups in total. The summed E-state index contributed by atoms with van der Waals surface area (Å²) in [7, 11) is -3.31. The van der Waals surface area contributed by atoms with Gasteiger partial charge in [0.15, 0.2) is 9.84 Å². The van der Waals surface area contributed by atoms with Gasteiger partial charge in [-0.3, -0.25) is 0 Å². The molecule has 0 aliphatic carbocycles. The Morgan fingerprint density at radius 3 is 2.58 bits per heavy atom. The van der Waals surface area contributed by atoms with Gasteiger partial charge in [-0.05, 0) is 51.4 Å². The summed E-state index contributed by atoms with van der Waals surface area (Å²) < 4.78 is 24.8. The fourth-order valence-corrected chi connectivity index (χ4v) is 3.80. The molecule has 0 fully saturated rings. The highest BCUT2D eigenvalue weighted by molar-refractivity contribution is 7.92. The molecule has 3 nitrogen and oxygen atoms in total. The molecule has 1 aromatic rings. The van der Waals surface area contributed by atoms with Crippen molar-refractivity contribution >= 4 is 21.4 Å². The van der Waals surface area contributed by atoms with Crippen LogP contribution in [0.4, 0.5) is 0 Å². The zero-order valence-corrected chi connectivity index (χ0v) is 13.3. The third-order valence-electron chi connectivity index (χ3n) is 3.08. The molecule has 108 valence electrons. The smallest absolute Gasteiger partial charge is 0.181 e. The van der Waals surface area contributed by atoms with Crippen LogP contribution in [0.3, 0.4) is 0 Å². The fraction of sp³-hybridized carbons (Fsp3) is 0.571. The summed E-state index contributed by atoms with van der Waals surface area (Å²) in [6, 6.07) is 6.64. The summed E-state index contributed by atoms with van der Waals surface area (Å²) in [5.74, 6) is 0. The normalized spacial score (nSPS) is 15.2. The Hall–Kier alpha value is -0.580. The minimum Gasteiger partial charge on any atom is -0.314 e. The first-order valence-electron chi connectivity index (χ1n) is 6.60. The van der Waals surface area contributed by atoms with Crippen LogP contribution in [0.5, 0.6) is 0 Å². The Kier molecular flexibility index (Phi) is 6.30. The molecule has 0 heterocycles. The van der Waals surface area contributed by atoms with E-state index in [-0.39, 0.29) is 6.04 Å². The Balaban J connectivity index is 2.77. The van der Waals surface area contributed by atoms with Gasteiger partial charge in [0, 0.05) is 11.1 Å². The lowest BCUT2D eigenvalue weighted by atomic mass is 10.2. The number of hydrogen-bond donors (Lipinski definition) is 1. The molecule has 2 atom stereocenters. The predicted octanol–water partition coefficient (Wildman–Crippen LogP) is 3.28. The minimum atomic E-state index is -3.31. The zero-order valence-electron chi connectivity index (χ0n) is 11.7. The molecule has 0 bridgehead atoms. The Bertz CT molecular complexity index is 502. The third kappa shape index (κ3) is 4.79. The van der Waals surface area contributed by atoms with Crippen LogP contribution < -0.4 is 5.32 Å². The maximum atomic E-state index is 12.4. The van der Waals surface area contributed by atoms with Gasteiger partial charge in [-0.2, -0.15) is 0 Å². The highest BCUT2D eigenvalue weighted by atomic mass is 35.5. The standard InChI is InChI=1S/C14H22ClNO2S/c1-4-8-16-11(2)9-12(3)19(17,18)14-7-5-6-13(15)10-14/h5-7,10-12,16H,4,8-9H2,1-3H3. The molecule has 0 spiro atoms. The lowest BCUT2D eigenvalue weighted by Crippen LogP contribution is -2.32. The molecular formula is C14H22ClNO2S. The van der Waals surface area contributed by atoms with E-state index in [0.717, 1.165) is 13.0 Å². The highest BCUT2D eigenvalue weighted by Gasteiger charge is 2.24. The number of benzene rings is 1. The molecule has 0 aliphatic heterocycles. The summed E-state index contributed by atoms with van der Waals surface area (Å²) in [5, 5.41) is 3.33. The Morgan fingerprint density at radius 2 is 2.00 bits per heavy atom. The van der Waals surface area contributed by atoms with Crippen LogP contribution in [0.2, 0.25) is 5.02 Å². The van der Waals surface area contributed by atoms with Crippen molar-refractivity contribution in [1.29, 1.82) is 0 Å². The molecule has 0 amide bonds. The van der Waals surface area contributed by atoms with Crippen molar-refractivity contribution < 1.29 is 8.42 Å². The van der Waals surface area contributed by atoms with Crippen LogP contribution >= 0.6 is 11.6 Å². The van der Waals surface area contributed by atoms with Gasteiger partial charge in [0.05, 0.1) is 10.1 Å². The molecular weight excluding hydrogens is 282 g/mol. The second-order valence-corrected chi connectivity index (χ2v) is 7.71. The second kappa shape index (κ2) is 7.27. The van der Waals surface area contributed by atoms with E-state index in [1.807, 2.05) is 6.92 Å². The molecule has 0 aliphatic rings. The molecule has 0 saturated carbocycles. The van der Waals surface area contributed by atoms with Gasteiger partial charge in [-0.25, -0.2) is 8.42 Å². The van der Waals surface area contributed by atoms with E-state index >= 15 is 0 Å². The van der Waals surface area contributed by atoms with Gasteiger partial charge in [-0.15, -0.1) is 0 Å². The van der Waals surface area contributed by atoms with E-state index in [9.17, 15) is 8.42 Å². The quantitative estimate of drug-likeness (QED) is 0.841. The van der Waals surface area contributed by atoms with Crippen molar-refractivity contribution in [2.24, 2.45) is 0 Å². The monoisotopic (exact) mass is 303 g/mol. The van der Waals surface area contributed by atoms with Crippen molar-refractivity contribution in [2.45, 2.75) is 49.8 Å². The summed E-state index contributed by atoms with van der Waals surface area (Å²) in [4.78, 5) is 0.301. The first-order chi connectivity index (χ1) is 8.87. The second-order valence-electron chi connectivity index (χ2n) is 4.90. The molecule has 1 aromatic carbocycles. The SMILES string of the molecule is CCCNC(C)CC(C)S(=O)(=O)c1cccc(Cl)c1. The van der Waals surface area contributed by atoms with E-state index in [1.54, 1.807) is 25.1 Å². The Labute approximate surface area is 121 Å². The molecule has 0 saturated heterocycles. The average Bonchev–Trinajstić information content (AvgIpc) is 2.36. The molecule has 19 heavy (non-hydrogen) atoms. The Morgan fingerprint density at radius 1 is 1.32 bits per heavy atom.